The Hall–Kier alpha value is -3.93. The van der Waals surface area contributed by atoms with Crippen molar-refractivity contribution in [3.63, 3.8) is 0 Å². The van der Waals surface area contributed by atoms with Crippen molar-refractivity contribution in [1.29, 1.82) is 0 Å². The number of alkyl halides is 6. The van der Waals surface area contributed by atoms with Gasteiger partial charge in [-0.05, 0) is 118 Å². The number of piperidine rings is 2. The molecule has 3 amide bonds. The number of hydrogen-bond acceptors (Lipinski definition) is 7. The van der Waals surface area contributed by atoms with E-state index in [9.17, 15) is 40.7 Å². The predicted octanol–water partition coefficient (Wildman–Crippen LogP) is 7.39. The second-order valence-electron chi connectivity index (χ2n) is 16.9. The molecule has 342 valence electrons. The number of amides is 3. The maximum absolute atomic E-state index is 13.9. The first-order valence-corrected chi connectivity index (χ1v) is 22.1. The lowest BCUT2D eigenvalue weighted by Gasteiger charge is -2.46. The average Bonchev–Trinajstić information content (AvgIpc) is 3.57. The molecule has 0 bridgehead atoms. The van der Waals surface area contributed by atoms with Crippen molar-refractivity contribution in [1.82, 2.24) is 25.8 Å². The minimum atomic E-state index is -5.12. The summed E-state index contributed by atoms with van der Waals surface area (Å²) in [5, 5.41) is 9.62. The molecule has 3 aromatic carbocycles. The van der Waals surface area contributed by atoms with E-state index in [-0.39, 0.29) is 71.7 Å². The van der Waals surface area contributed by atoms with Gasteiger partial charge in [0.15, 0.2) is 0 Å². The summed E-state index contributed by atoms with van der Waals surface area (Å²) in [7, 11) is 0. The molecule has 3 aromatic rings. The van der Waals surface area contributed by atoms with Crippen molar-refractivity contribution < 1.29 is 50.2 Å². The Balaban J connectivity index is 0.998. The minimum absolute atomic E-state index is 0.00238. The SMILES string of the molecule is O=C(CO[C@H]1Cc2ccccc2C12CCN(CC[C@@]1(c3ccc(Cl)c(Cl)c3)CN(C(=O)c3cc(C(F)(F)F)cc(C(F)(F)F)c3)CCO1)CC2)NCCCNC(=O)C1CCNCC1. The molecule has 4 aliphatic rings. The van der Waals surface area contributed by atoms with E-state index in [1.807, 2.05) is 12.1 Å². The molecule has 2 atom stereocenters. The molecule has 0 saturated carbocycles. The van der Waals surface area contributed by atoms with Crippen LogP contribution >= 0.6 is 23.2 Å². The van der Waals surface area contributed by atoms with Crippen molar-refractivity contribution in [2.45, 2.75) is 74.4 Å². The number of nitrogens with one attached hydrogen (secondary N) is 3. The third-order valence-corrected chi connectivity index (χ3v) is 13.7. The van der Waals surface area contributed by atoms with Crippen molar-refractivity contribution in [3.8, 4) is 0 Å². The number of halogens is 8. The summed E-state index contributed by atoms with van der Waals surface area (Å²) in [6.45, 7) is 3.93. The molecule has 18 heteroatoms. The molecule has 3 saturated heterocycles. The van der Waals surface area contributed by atoms with E-state index < -0.39 is 40.6 Å². The summed E-state index contributed by atoms with van der Waals surface area (Å²) in [5.41, 5.74) is -2.54. The maximum atomic E-state index is 13.9. The Morgan fingerprint density at radius 3 is 2.22 bits per heavy atom. The monoisotopic (exact) mass is 925 g/mol. The molecule has 63 heavy (non-hydrogen) atoms. The van der Waals surface area contributed by atoms with Gasteiger partial charge in [-0.15, -0.1) is 0 Å². The lowest BCUT2D eigenvalue weighted by atomic mass is 9.72. The highest BCUT2D eigenvalue weighted by Gasteiger charge is 2.50. The Kier molecular flexibility index (Phi) is 14.7. The van der Waals surface area contributed by atoms with Crippen LogP contribution in [0, 0.1) is 5.92 Å². The number of morpholine rings is 1. The molecule has 7 rings (SSSR count). The van der Waals surface area contributed by atoms with Gasteiger partial charge in [-0.2, -0.15) is 26.3 Å². The molecule has 3 N–H and O–H groups in total. The third-order valence-electron chi connectivity index (χ3n) is 13.0. The van der Waals surface area contributed by atoms with E-state index >= 15 is 0 Å². The number of carbonyl (C=O) groups is 3. The van der Waals surface area contributed by atoms with Crippen LogP contribution in [-0.2, 0) is 48.9 Å². The number of hydrogen-bond donors (Lipinski definition) is 3. The van der Waals surface area contributed by atoms with Crippen LogP contribution in [-0.4, -0.2) is 106 Å². The van der Waals surface area contributed by atoms with Crippen LogP contribution in [0.25, 0.3) is 0 Å². The molecule has 1 spiro atoms. The first-order valence-electron chi connectivity index (χ1n) is 21.3. The van der Waals surface area contributed by atoms with E-state index in [0.717, 1.165) is 38.8 Å². The molecule has 1 aliphatic carbocycles. The van der Waals surface area contributed by atoms with Gasteiger partial charge >= 0.3 is 12.4 Å². The first-order chi connectivity index (χ1) is 30.0. The molecule has 0 radical (unpaired) electrons. The molecule has 0 unspecified atom stereocenters. The highest BCUT2D eigenvalue weighted by atomic mass is 35.5. The summed E-state index contributed by atoms with van der Waals surface area (Å²) in [6, 6.07) is 14.0. The average molecular weight is 927 g/mol. The number of likely N-dealkylation sites (tertiary alicyclic amines) is 1. The number of rotatable bonds is 13. The zero-order valence-corrected chi connectivity index (χ0v) is 36.1. The van der Waals surface area contributed by atoms with E-state index in [0.29, 0.717) is 69.7 Å². The Labute approximate surface area is 372 Å². The van der Waals surface area contributed by atoms with Crippen molar-refractivity contribution in [3.05, 3.63) is 104 Å². The maximum Gasteiger partial charge on any atom is 0.416 e. The summed E-state index contributed by atoms with van der Waals surface area (Å²) >= 11 is 12.7. The lowest BCUT2D eigenvalue weighted by Crippen LogP contribution is -2.54. The van der Waals surface area contributed by atoms with Gasteiger partial charge in [-0.1, -0.05) is 53.5 Å². The van der Waals surface area contributed by atoms with E-state index in [1.54, 1.807) is 18.2 Å². The van der Waals surface area contributed by atoms with E-state index in [2.05, 4.69) is 33.0 Å². The van der Waals surface area contributed by atoms with E-state index in [4.69, 9.17) is 32.7 Å². The van der Waals surface area contributed by atoms with Gasteiger partial charge in [0.2, 0.25) is 11.8 Å². The summed E-state index contributed by atoms with van der Waals surface area (Å²) < 4.78 is 95.3. The summed E-state index contributed by atoms with van der Waals surface area (Å²) in [4.78, 5) is 42.7. The fraction of sp³-hybridized carbons (Fsp3) is 0.533. The Morgan fingerprint density at radius 2 is 1.54 bits per heavy atom. The minimum Gasteiger partial charge on any atom is -0.367 e. The summed E-state index contributed by atoms with van der Waals surface area (Å²) in [6.07, 6.45) is -5.85. The third kappa shape index (κ3) is 11.0. The highest BCUT2D eigenvalue weighted by Crippen LogP contribution is 2.48. The zero-order valence-electron chi connectivity index (χ0n) is 34.6. The van der Waals surface area contributed by atoms with Crippen LogP contribution in [0.4, 0.5) is 26.3 Å². The van der Waals surface area contributed by atoms with Crippen LogP contribution < -0.4 is 16.0 Å². The number of ether oxygens (including phenoxy) is 2. The molecule has 10 nitrogen and oxygen atoms in total. The van der Waals surface area contributed by atoms with Gasteiger partial charge in [0.1, 0.15) is 12.2 Å². The number of carbonyl (C=O) groups excluding carboxylic acids is 3. The molecule has 3 fully saturated rings. The second-order valence-corrected chi connectivity index (χ2v) is 17.7. The topological polar surface area (TPSA) is 112 Å². The van der Waals surface area contributed by atoms with Crippen LogP contribution in [0.2, 0.25) is 10.0 Å². The Bertz CT molecular complexity index is 2100. The quantitative estimate of drug-likeness (QED) is 0.121. The fourth-order valence-electron chi connectivity index (χ4n) is 9.53. The van der Waals surface area contributed by atoms with Crippen LogP contribution in [0.3, 0.4) is 0 Å². The van der Waals surface area contributed by atoms with Gasteiger partial charge in [-0.3, -0.25) is 14.4 Å². The molecule has 3 aliphatic heterocycles. The number of fused-ring (bicyclic) bond motifs is 2. The van der Waals surface area contributed by atoms with Gasteiger partial charge in [-0.25, -0.2) is 0 Å². The molecular weight excluding hydrogens is 875 g/mol. The molecule has 0 aromatic heterocycles. The highest BCUT2D eigenvalue weighted by molar-refractivity contribution is 6.42. The van der Waals surface area contributed by atoms with Gasteiger partial charge in [0.25, 0.3) is 5.91 Å². The largest absolute Gasteiger partial charge is 0.416 e. The van der Waals surface area contributed by atoms with Crippen molar-refractivity contribution in [2.75, 3.05) is 72.1 Å². The lowest BCUT2D eigenvalue weighted by molar-refractivity contribution is -0.143. The standard InChI is InChI=1S/C45H51Cl2F6N5O5/c46-36-7-6-32(26-37(36)47)43(28-58(20-21-63-43)41(61)31-22-33(44(48,49)50)25-34(23-31)45(51,52)53)12-19-57-17-10-42(11-18-57)35-5-2-1-4-30(35)24-38(42)62-27-39(59)55-13-3-14-56-40(60)29-8-15-54-16-9-29/h1-2,4-7,22-23,25-26,29,38,54H,3,8-21,24,27-28H2,(H,55,59)(H,56,60)/t38-,43-/m0/s1. The van der Waals surface area contributed by atoms with Gasteiger partial charge < -0.3 is 35.2 Å². The van der Waals surface area contributed by atoms with Crippen molar-refractivity contribution >= 4 is 40.9 Å². The fourth-order valence-corrected chi connectivity index (χ4v) is 9.83. The zero-order chi connectivity index (χ0) is 45.0. The van der Waals surface area contributed by atoms with Crippen LogP contribution in [0.15, 0.2) is 60.7 Å². The van der Waals surface area contributed by atoms with E-state index in [1.165, 1.54) is 16.0 Å². The number of benzene rings is 3. The van der Waals surface area contributed by atoms with Gasteiger partial charge in [0, 0.05) is 43.1 Å². The van der Waals surface area contributed by atoms with Crippen LogP contribution in [0.5, 0.6) is 0 Å². The van der Waals surface area contributed by atoms with Gasteiger partial charge in [0.05, 0.1) is 40.4 Å². The Morgan fingerprint density at radius 1 is 0.857 bits per heavy atom. The molecular formula is C45H51Cl2F6N5O5. The summed E-state index contributed by atoms with van der Waals surface area (Å²) in [5.74, 6) is -1.14. The smallest absolute Gasteiger partial charge is 0.367 e. The van der Waals surface area contributed by atoms with Crippen LogP contribution in [0.1, 0.15) is 76.7 Å². The molecule has 3 heterocycles. The number of nitrogens with zero attached hydrogens (tertiary/aromatic N) is 2. The van der Waals surface area contributed by atoms with Crippen molar-refractivity contribution in [2.24, 2.45) is 5.92 Å². The first kappa shape index (κ1) is 47.0. The second kappa shape index (κ2) is 19.7. The predicted molar refractivity (Wildman–Crippen MR) is 225 cm³/mol. The normalized spacial score (nSPS) is 21.9.